The second-order valence-electron chi connectivity index (χ2n) is 9.62. The number of fused-ring (bicyclic) bond motifs is 1. The van der Waals surface area contributed by atoms with E-state index in [-0.39, 0.29) is 24.7 Å². The number of ether oxygens (including phenoxy) is 2. The van der Waals surface area contributed by atoms with Gasteiger partial charge in [0.05, 0.1) is 31.2 Å². The zero-order chi connectivity index (χ0) is 25.0. The molecular weight excluding hydrogens is 451 g/mol. The molecule has 0 bridgehead atoms. The van der Waals surface area contributed by atoms with E-state index in [4.69, 9.17) is 9.47 Å². The summed E-state index contributed by atoms with van der Waals surface area (Å²) in [7, 11) is 0. The average Bonchev–Trinajstić information content (AvgIpc) is 2.88. The van der Waals surface area contributed by atoms with Crippen LogP contribution in [0.1, 0.15) is 89.2 Å². The third kappa shape index (κ3) is 8.23. The van der Waals surface area contributed by atoms with Crippen molar-refractivity contribution in [2.75, 3.05) is 13.2 Å². The van der Waals surface area contributed by atoms with Crippen molar-refractivity contribution in [2.45, 2.75) is 103 Å². The topological polar surface area (TPSA) is 31.4 Å². The van der Waals surface area contributed by atoms with Crippen LogP contribution < -0.4 is 4.74 Å². The first kappa shape index (κ1) is 27.5. The van der Waals surface area contributed by atoms with Crippen LogP contribution in [-0.2, 0) is 17.6 Å². The normalized spacial score (nSPS) is 16.2. The molecule has 0 N–H and O–H groups in total. The van der Waals surface area contributed by atoms with Crippen molar-refractivity contribution in [3.63, 3.8) is 0 Å². The first-order valence-corrected chi connectivity index (χ1v) is 13.4. The highest BCUT2D eigenvalue weighted by molar-refractivity contribution is 5.63. The maximum atomic E-state index is 15.0. The van der Waals surface area contributed by atoms with Crippen LogP contribution in [0.2, 0.25) is 0 Å². The molecule has 1 aromatic heterocycles. The Morgan fingerprint density at radius 1 is 1.00 bits per heavy atom. The summed E-state index contributed by atoms with van der Waals surface area (Å²) < 4.78 is 55.6. The fraction of sp³-hybridized carbons (Fsp3) is 0.621. The Labute approximate surface area is 208 Å². The Hall–Kier alpha value is -2.08. The molecule has 0 saturated heterocycles. The van der Waals surface area contributed by atoms with E-state index in [1.165, 1.54) is 12.8 Å². The molecule has 35 heavy (non-hydrogen) atoms. The summed E-state index contributed by atoms with van der Waals surface area (Å²) in [5.41, 5.74) is 1.65. The fourth-order valence-corrected chi connectivity index (χ4v) is 4.60. The molecule has 6 heteroatoms. The minimum Gasteiger partial charge on any atom is -0.492 e. The molecule has 1 aliphatic carbocycles. The van der Waals surface area contributed by atoms with Crippen molar-refractivity contribution in [1.29, 1.82) is 0 Å². The molecule has 0 aliphatic heterocycles. The summed E-state index contributed by atoms with van der Waals surface area (Å²) in [5.74, 6) is -1.12. The second kappa shape index (κ2) is 14.5. The number of alkyl halides is 1. The number of benzene rings is 1. The van der Waals surface area contributed by atoms with Crippen molar-refractivity contribution < 1.29 is 22.6 Å². The van der Waals surface area contributed by atoms with Crippen LogP contribution in [-0.4, -0.2) is 30.5 Å². The van der Waals surface area contributed by atoms with Gasteiger partial charge in [-0.25, -0.2) is 13.2 Å². The van der Waals surface area contributed by atoms with Gasteiger partial charge in [-0.2, -0.15) is 0 Å². The van der Waals surface area contributed by atoms with Crippen molar-refractivity contribution >= 4 is 0 Å². The molecule has 0 radical (unpaired) electrons. The smallest absolute Gasteiger partial charge is 0.168 e. The van der Waals surface area contributed by atoms with Crippen LogP contribution in [0.4, 0.5) is 13.2 Å². The predicted molar refractivity (Wildman–Crippen MR) is 135 cm³/mol. The van der Waals surface area contributed by atoms with Gasteiger partial charge in [-0.05, 0) is 55.0 Å². The summed E-state index contributed by atoms with van der Waals surface area (Å²) in [4.78, 5) is 4.32. The first-order valence-electron chi connectivity index (χ1n) is 13.4. The lowest BCUT2D eigenvalue weighted by Gasteiger charge is -2.26. The second-order valence-corrected chi connectivity index (χ2v) is 9.62. The highest BCUT2D eigenvalue weighted by Crippen LogP contribution is 2.33. The lowest BCUT2D eigenvalue weighted by Crippen LogP contribution is -2.27. The van der Waals surface area contributed by atoms with Crippen molar-refractivity contribution in [1.82, 2.24) is 4.98 Å². The first-order chi connectivity index (χ1) is 17.0. The zero-order valence-corrected chi connectivity index (χ0v) is 21.3. The number of aryl methyl sites for hydroxylation is 1. The van der Waals surface area contributed by atoms with Crippen LogP contribution in [0, 0.1) is 11.6 Å². The molecule has 2 unspecified atom stereocenters. The van der Waals surface area contributed by atoms with Gasteiger partial charge in [-0.15, -0.1) is 0 Å². The van der Waals surface area contributed by atoms with Gasteiger partial charge in [0.1, 0.15) is 11.9 Å². The van der Waals surface area contributed by atoms with Crippen LogP contribution in [0.5, 0.6) is 5.75 Å². The summed E-state index contributed by atoms with van der Waals surface area (Å²) >= 11 is 0. The van der Waals surface area contributed by atoms with Gasteiger partial charge in [-0.1, -0.05) is 58.8 Å². The number of unbranched alkanes of at least 4 members (excludes halogenated alkanes) is 6. The molecule has 194 valence electrons. The number of halogens is 3. The van der Waals surface area contributed by atoms with Gasteiger partial charge in [0.15, 0.2) is 11.6 Å². The zero-order valence-electron chi connectivity index (χ0n) is 21.3. The lowest BCUT2D eigenvalue weighted by atomic mass is 9.87. The van der Waals surface area contributed by atoms with Gasteiger partial charge < -0.3 is 9.47 Å². The fourth-order valence-electron chi connectivity index (χ4n) is 4.60. The number of aromatic nitrogens is 1. The van der Waals surface area contributed by atoms with E-state index in [2.05, 4.69) is 18.8 Å². The van der Waals surface area contributed by atoms with Crippen LogP contribution >= 0.6 is 0 Å². The summed E-state index contributed by atoms with van der Waals surface area (Å²) in [6.45, 7) is 4.93. The van der Waals surface area contributed by atoms with Crippen molar-refractivity contribution in [3.05, 3.63) is 47.2 Å². The highest BCUT2D eigenvalue weighted by atomic mass is 19.2. The molecular formula is C29H40F3NO2. The molecule has 0 saturated carbocycles. The minimum absolute atomic E-state index is 0.0191. The molecule has 1 aromatic carbocycles. The Bertz CT molecular complexity index is 904. The largest absolute Gasteiger partial charge is 0.492 e. The number of hydrogen-bond donors (Lipinski definition) is 0. The Morgan fingerprint density at radius 2 is 1.77 bits per heavy atom. The maximum Gasteiger partial charge on any atom is 0.168 e. The third-order valence-electron chi connectivity index (χ3n) is 6.73. The number of rotatable bonds is 15. The van der Waals surface area contributed by atoms with Crippen LogP contribution in [0.15, 0.2) is 24.4 Å². The van der Waals surface area contributed by atoms with Gasteiger partial charge in [-0.3, -0.25) is 4.98 Å². The molecule has 0 spiro atoms. The highest BCUT2D eigenvalue weighted by Gasteiger charge is 2.27. The average molecular weight is 492 g/mol. The van der Waals surface area contributed by atoms with Crippen LogP contribution in [0.3, 0.4) is 0 Å². The molecule has 2 atom stereocenters. The van der Waals surface area contributed by atoms with E-state index >= 15 is 4.39 Å². The van der Waals surface area contributed by atoms with E-state index in [1.54, 1.807) is 24.4 Å². The van der Waals surface area contributed by atoms with Crippen molar-refractivity contribution in [2.24, 2.45) is 0 Å². The van der Waals surface area contributed by atoms with Gasteiger partial charge in [0.25, 0.3) is 0 Å². The summed E-state index contributed by atoms with van der Waals surface area (Å²) in [6.07, 6.45) is 10.8. The van der Waals surface area contributed by atoms with Gasteiger partial charge in [0.2, 0.25) is 0 Å². The Kier molecular flexibility index (Phi) is 11.4. The molecule has 0 fully saturated rings. The maximum absolute atomic E-state index is 15.0. The summed E-state index contributed by atoms with van der Waals surface area (Å²) in [5, 5.41) is 0. The van der Waals surface area contributed by atoms with Crippen molar-refractivity contribution in [3.8, 4) is 17.0 Å². The minimum atomic E-state index is -1.01. The Morgan fingerprint density at radius 3 is 2.49 bits per heavy atom. The number of nitrogens with zero attached hydrogens (tertiary/aromatic N) is 1. The van der Waals surface area contributed by atoms with Gasteiger partial charge >= 0.3 is 0 Å². The standard InChI is InChI=1S/C29H40F3NO2/c1-3-5-7-9-11-22(30)20-35-23-13-12-21-17-26(29(32)28(31)25(21)18-23)27-15-14-24(19-33-27)34-16-10-8-6-4-2/h14-15,17,19,22-23H,3-13,16,18,20H2,1-2H3. The summed E-state index contributed by atoms with van der Waals surface area (Å²) in [6, 6.07) is 5.12. The molecule has 3 rings (SSSR count). The number of hydrogen-bond acceptors (Lipinski definition) is 3. The van der Waals surface area contributed by atoms with Crippen LogP contribution in [0.25, 0.3) is 11.3 Å². The molecule has 3 nitrogen and oxygen atoms in total. The number of pyridine rings is 1. The van der Waals surface area contributed by atoms with E-state index in [0.29, 0.717) is 42.9 Å². The Balaban J connectivity index is 1.57. The molecule has 2 aromatic rings. The molecule has 1 aliphatic rings. The lowest BCUT2D eigenvalue weighted by molar-refractivity contribution is 0.00865. The predicted octanol–water partition coefficient (Wildman–Crippen LogP) is 8.17. The SMILES string of the molecule is CCCCCCOc1ccc(-c2cc3c(c(F)c2F)CC(OCC(F)CCCCCC)CC3)nc1. The van der Waals surface area contributed by atoms with E-state index in [1.807, 2.05) is 0 Å². The van der Waals surface area contributed by atoms with E-state index < -0.39 is 17.8 Å². The van der Waals surface area contributed by atoms with Gasteiger partial charge in [0, 0.05) is 12.0 Å². The monoisotopic (exact) mass is 491 g/mol. The molecule has 1 heterocycles. The van der Waals surface area contributed by atoms with E-state index in [0.717, 1.165) is 44.1 Å². The van der Waals surface area contributed by atoms with E-state index in [9.17, 15) is 8.78 Å². The quantitative estimate of drug-likeness (QED) is 0.236. The molecule has 0 amide bonds. The third-order valence-corrected chi connectivity index (χ3v) is 6.73.